The van der Waals surface area contributed by atoms with E-state index in [2.05, 4.69) is 10.6 Å². The minimum atomic E-state index is -0.876. The molecule has 0 radical (unpaired) electrons. The number of aliphatic carboxylic acids is 1. The van der Waals surface area contributed by atoms with Crippen LogP contribution in [0.3, 0.4) is 0 Å². The molecule has 1 heterocycles. The van der Waals surface area contributed by atoms with Gasteiger partial charge in [-0.25, -0.2) is 0 Å². The van der Waals surface area contributed by atoms with E-state index in [-0.39, 0.29) is 18.5 Å². The molecule has 1 atom stereocenters. The van der Waals surface area contributed by atoms with Gasteiger partial charge in [0, 0.05) is 19.0 Å². The van der Waals surface area contributed by atoms with Crippen molar-refractivity contribution in [3.63, 3.8) is 0 Å². The summed E-state index contributed by atoms with van der Waals surface area (Å²) >= 11 is 0. The van der Waals surface area contributed by atoms with Crippen LogP contribution in [-0.2, 0) is 9.59 Å². The Balaban J connectivity index is 2.08. The van der Waals surface area contributed by atoms with Crippen molar-refractivity contribution in [2.45, 2.75) is 18.9 Å². The van der Waals surface area contributed by atoms with E-state index in [0.29, 0.717) is 13.0 Å². The third-order valence-electron chi connectivity index (χ3n) is 1.75. The molecule has 5 nitrogen and oxygen atoms in total. The first-order valence-electron chi connectivity index (χ1n) is 3.90. The molecule has 3 N–H and O–H groups in total. The number of nitrogens with one attached hydrogen (secondary N) is 2. The number of carboxylic acids is 1. The third kappa shape index (κ3) is 2.87. The van der Waals surface area contributed by atoms with E-state index < -0.39 is 5.97 Å². The number of carboxylic acid groups (broad SMARTS) is 1. The van der Waals surface area contributed by atoms with Crippen molar-refractivity contribution in [1.82, 2.24) is 10.6 Å². The SMILES string of the molecule is O=C(O)CNCC1CCC(=O)N1. The van der Waals surface area contributed by atoms with E-state index in [1.54, 1.807) is 0 Å². The summed E-state index contributed by atoms with van der Waals surface area (Å²) in [5.41, 5.74) is 0. The molecule has 0 bridgehead atoms. The normalized spacial score (nSPS) is 22.3. The van der Waals surface area contributed by atoms with Gasteiger partial charge >= 0.3 is 5.97 Å². The molecule has 1 rings (SSSR count). The maximum absolute atomic E-state index is 10.7. The number of hydrogen-bond donors (Lipinski definition) is 3. The molecule has 12 heavy (non-hydrogen) atoms. The molecule has 0 aromatic carbocycles. The van der Waals surface area contributed by atoms with Crippen molar-refractivity contribution in [3.05, 3.63) is 0 Å². The summed E-state index contributed by atoms with van der Waals surface area (Å²) in [4.78, 5) is 20.8. The van der Waals surface area contributed by atoms with Gasteiger partial charge in [-0.15, -0.1) is 0 Å². The second-order valence-electron chi connectivity index (χ2n) is 2.83. The predicted molar refractivity (Wildman–Crippen MR) is 41.7 cm³/mol. The zero-order valence-corrected chi connectivity index (χ0v) is 6.67. The molecule has 68 valence electrons. The largest absolute Gasteiger partial charge is 0.480 e. The van der Waals surface area contributed by atoms with Gasteiger partial charge in [0.25, 0.3) is 0 Å². The highest BCUT2D eigenvalue weighted by atomic mass is 16.4. The minimum Gasteiger partial charge on any atom is -0.480 e. The number of amides is 1. The molecule has 0 aromatic rings. The highest BCUT2D eigenvalue weighted by Gasteiger charge is 2.19. The van der Waals surface area contributed by atoms with Gasteiger partial charge in [-0.05, 0) is 6.42 Å². The molecule has 1 fully saturated rings. The summed E-state index contributed by atoms with van der Waals surface area (Å²) in [6.07, 6.45) is 1.35. The van der Waals surface area contributed by atoms with Crippen LogP contribution in [0.4, 0.5) is 0 Å². The quantitative estimate of drug-likeness (QED) is 0.505. The Morgan fingerprint density at radius 1 is 1.75 bits per heavy atom. The number of rotatable bonds is 4. The Morgan fingerprint density at radius 2 is 2.50 bits per heavy atom. The molecule has 1 aliphatic heterocycles. The first kappa shape index (κ1) is 8.99. The highest BCUT2D eigenvalue weighted by Crippen LogP contribution is 2.04. The van der Waals surface area contributed by atoms with Crippen molar-refractivity contribution in [2.24, 2.45) is 0 Å². The zero-order valence-electron chi connectivity index (χ0n) is 6.67. The van der Waals surface area contributed by atoms with Crippen molar-refractivity contribution in [3.8, 4) is 0 Å². The molecule has 1 aliphatic rings. The van der Waals surface area contributed by atoms with Crippen LogP contribution in [0.15, 0.2) is 0 Å². The van der Waals surface area contributed by atoms with E-state index in [1.807, 2.05) is 0 Å². The van der Waals surface area contributed by atoms with Crippen LogP contribution < -0.4 is 10.6 Å². The lowest BCUT2D eigenvalue weighted by Crippen LogP contribution is -2.37. The Morgan fingerprint density at radius 3 is 3.00 bits per heavy atom. The average Bonchev–Trinajstić information content (AvgIpc) is 2.35. The second-order valence-corrected chi connectivity index (χ2v) is 2.83. The fourth-order valence-corrected chi connectivity index (χ4v) is 1.18. The summed E-state index contributed by atoms with van der Waals surface area (Å²) in [6, 6.07) is 0.108. The Hall–Kier alpha value is -1.10. The van der Waals surface area contributed by atoms with Gasteiger partial charge in [0.2, 0.25) is 5.91 Å². The number of carbonyl (C=O) groups excluding carboxylic acids is 1. The third-order valence-corrected chi connectivity index (χ3v) is 1.75. The van der Waals surface area contributed by atoms with Crippen LogP contribution in [0.2, 0.25) is 0 Å². The first-order valence-corrected chi connectivity index (χ1v) is 3.90. The molecule has 1 amide bonds. The molecule has 1 unspecified atom stereocenters. The van der Waals surface area contributed by atoms with Crippen LogP contribution in [0.25, 0.3) is 0 Å². The highest BCUT2D eigenvalue weighted by molar-refractivity contribution is 5.78. The van der Waals surface area contributed by atoms with E-state index in [0.717, 1.165) is 6.42 Å². The van der Waals surface area contributed by atoms with Crippen molar-refractivity contribution in [2.75, 3.05) is 13.1 Å². The standard InChI is InChI=1S/C7H12N2O3/c10-6-2-1-5(9-6)3-8-4-7(11)12/h5,8H,1-4H2,(H,9,10)(H,11,12). The summed E-state index contributed by atoms with van der Waals surface area (Å²) in [7, 11) is 0. The maximum atomic E-state index is 10.7. The summed E-state index contributed by atoms with van der Waals surface area (Å²) < 4.78 is 0. The molecule has 5 heteroatoms. The smallest absolute Gasteiger partial charge is 0.317 e. The van der Waals surface area contributed by atoms with Gasteiger partial charge in [0.1, 0.15) is 0 Å². The second kappa shape index (κ2) is 4.06. The summed E-state index contributed by atoms with van der Waals surface area (Å²) in [5, 5.41) is 13.8. The Labute approximate surface area is 70.1 Å². The van der Waals surface area contributed by atoms with Crippen LogP contribution in [-0.4, -0.2) is 36.1 Å². The zero-order chi connectivity index (χ0) is 8.97. The van der Waals surface area contributed by atoms with Gasteiger partial charge in [0.15, 0.2) is 0 Å². The van der Waals surface area contributed by atoms with Crippen molar-refractivity contribution < 1.29 is 14.7 Å². The van der Waals surface area contributed by atoms with Crippen LogP contribution >= 0.6 is 0 Å². The van der Waals surface area contributed by atoms with Gasteiger partial charge in [-0.3, -0.25) is 9.59 Å². The minimum absolute atomic E-state index is 0.0492. The monoisotopic (exact) mass is 172 g/mol. The van der Waals surface area contributed by atoms with Gasteiger partial charge in [-0.2, -0.15) is 0 Å². The number of hydrogen-bond acceptors (Lipinski definition) is 3. The van der Waals surface area contributed by atoms with Gasteiger partial charge in [-0.1, -0.05) is 0 Å². The lowest BCUT2D eigenvalue weighted by Gasteiger charge is -2.08. The molecule has 1 saturated heterocycles. The predicted octanol–water partition coefficient (Wildman–Crippen LogP) is -1.06. The maximum Gasteiger partial charge on any atom is 0.317 e. The Bertz CT molecular complexity index is 193. The molecular weight excluding hydrogens is 160 g/mol. The van der Waals surface area contributed by atoms with Crippen LogP contribution in [0.5, 0.6) is 0 Å². The summed E-state index contributed by atoms with van der Waals surface area (Å²) in [6.45, 7) is 0.490. The fraction of sp³-hybridized carbons (Fsp3) is 0.714. The van der Waals surface area contributed by atoms with Gasteiger partial charge in [0.05, 0.1) is 6.54 Å². The topological polar surface area (TPSA) is 78.4 Å². The fourth-order valence-electron chi connectivity index (χ4n) is 1.18. The van der Waals surface area contributed by atoms with E-state index in [1.165, 1.54) is 0 Å². The first-order chi connectivity index (χ1) is 5.68. The number of carbonyl (C=O) groups is 2. The van der Waals surface area contributed by atoms with E-state index >= 15 is 0 Å². The molecule has 0 aromatic heterocycles. The van der Waals surface area contributed by atoms with E-state index in [9.17, 15) is 9.59 Å². The average molecular weight is 172 g/mol. The van der Waals surface area contributed by atoms with Crippen LogP contribution in [0.1, 0.15) is 12.8 Å². The molecular formula is C7H12N2O3. The summed E-state index contributed by atoms with van der Waals surface area (Å²) in [5.74, 6) is -0.823. The Kier molecular flexibility index (Phi) is 3.04. The van der Waals surface area contributed by atoms with Crippen molar-refractivity contribution in [1.29, 1.82) is 0 Å². The van der Waals surface area contributed by atoms with Crippen LogP contribution in [0, 0.1) is 0 Å². The van der Waals surface area contributed by atoms with Crippen molar-refractivity contribution >= 4 is 11.9 Å². The van der Waals surface area contributed by atoms with E-state index in [4.69, 9.17) is 5.11 Å². The molecule has 0 spiro atoms. The van der Waals surface area contributed by atoms with Gasteiger partial charge < -0.3 is 15.7 Å². The molecule has 0 aliphatic carbocycles. The molecule has 0 saturated carbocycles. The lowest BCUT2D eigenvalue weighted by atomic mass is 10.2. The lowest BCUT2D eigenvalue weighted by molar-refractivity contribution is -0.135.